The van der Waals surface area contributed by atoms with Gasteiger partial charge in [-0.3, -0.25) is 0 Å². The quantitative estimate of drug-likeness (QED) is 0.199. The van der Waals surface area contributed by atoms with Gasteiger partial charge in [-0.05, 0) is 75.3 Å². The van der Waals surface area contributed by atoms with Gasteiger partial charge in [-0.2, -0.15) is 0 Å². The molecule has 4 nitrogen and oxygen atoms in total. The van der Waals surface area contributed by atoms with Gasteiger partial charge >= 0.3 is 0 Å². The van der Waals surface area contributed by atoms with Crippen LogP contribution >= 0.6 is 0 Å². The number of nitrogens with zero attached hydrogens (tertiary/aromatic N) is 2. The minimum absolute atomic E-state index is 0.431. The number of hydrogen-bond donors (Lipinski definition) is 1. The van der Waals surface area contributed by atoms with Crippen molar-refractivity contribution in [2.24, 2.45) is 9.98 Å². The van der Waals surface area contributed by atoms with Gasteiger partial charge in [-0.25, -0.2) is 9.98 Å². The molecule has 1 aliphatic heterocycles. The number of hydrogen-bond acceptors (Lipinski definition) is 4. The molecule has 1 aliphatic rings. The molecule has 8 aromatic rings. The Labute approximate surface area is 284 Å². The molecule has 7 aromatic carbocycles. The van der Waals surface area contributed by atoms with Crippen LogP contribution < -0.4 is 5.32 Å². The van der Waals surface area contributed by atoms with Crippen LogP contribution in [-0.2, 0) is 0 Å². The molecule has 232 valence electrons. The Bertz CT molecular complexity index is 2390. The maximum atomic E-state index is 6.48. The molecule has 49 heavy (non-hydrogen) atoms. The molecule has 0 spiro atoms. The highest BCUT2D eigenvalue weighted by Gasteiger charge is 2.22. The van der Waals surface area contributed by atoms with E-state index in [1.165, 1.54) is 22.3 Å². The van der Waals surface area contributed by atoms with Crippen LogP contribution in [0.25, 0.3) is 55.3 Å². The molecule has 0 unspecified atom stereocenters. The fraction of sp³-hybridized carbons (Fsp3) is 0.0222. The van der Waals surface area contributed by atoms with Crippen molar-refractivity contribution in [1.29, 1.82) is 0 Å². The Morgan fingerprint density at radius 1 is 0.408 bits per heavy atom. The van der Waals surface area contributed by atoms with Crippen LogP contribution in [0.1, 0.15) is 22.9 Å². The van der Waals surface area contributed by atoms with Crippen molar-refractivity contribution in [3.8, 4) is 33.4 Å². The van der Waals surface area contributed by atoms with Gasteiger partial charge in [0, 0.05) is 21.9 Å². The van der Waals surface area contributed by atoms with E-state index in [-0.39, 0.29) is 0 Å². The third-order valence-electron chi connectivity index (χ3n) is 9.11. The van der Waals surface area contributed by atoms with Crippen molar-refractivity contribution in [1.82, 2.24) is 5.32 Å². The van der Waals surface area contributed by atoms with Gasteiger partial charge in [0.05, 0.1) is 0 Å². The third-order valence-corrected chi connectivity index (χ3v) is 9.11. The SMILES string of the molecule is c1ccc(C2=NC(c3ccc4oc5cccc(-c6cc(-c7ccccc7)cc(-c7ccccc7)c6)c5c4c3)N=C(c3ccccc3)N2)cc1. The lowest BCUT2D eigenvalue weighted by Gasteiger charge is -2.22. The molecule has 0 amide bonds. The summed E-state index contributed by atoms with van der Waals surface area (Å²) in [4.78, 5) is 10.3. The minimum atomic E-state index is -0.431. The summed E-state index contributed by atoms with van der Waals surface area (Å²) in [7, 11) is 0. The van der Waals surface area contributed by atoms with Crippen molar-refractivity contribution in [3.63, 3.8) is 0 Å². The standard InChI is InChI=1S/C45H31N3O/c1-5-14-30(15-6-1)35-26-36(31-16-7-2-8-17-31)28-37(27-35)38-22-13-23-41-42(38)39-29-34(24-25-40(39)49-41)45-47-43(32-18-9-3-10-19-32)46-44(48-45)33-20-11-4-12-21-33/h1-29,45H,(H,46,47,48). The summed E-state index contributed by atoms with van der Waals surface area (Å²) in [6.07, 6.45) is -0.431. The minimum Gasteiger partial charge on any atom is -0.456 e. The average molecular weight is 630 g/mol. The highest BCUT2D eigenvalue weighted by molar-refractivity contribution is 6.16. The normalized spacial score (nSPS) is 13.2. The van der Waals surface area contributed by atoms with E-state index in [2.05, 4.69) is 145 Å². The number of fused-ring (bicyclic) bond motifs is 3. The summed E-state index contributed by atoms with van der Waals surface area (Å²) in [6, 6.07) is 61.2. The molecule has 0 radical (unpaired) electrons. The van der Waals surface area contributed by atoms with Crippen LogP contribution in [0.2, 0.25) is 0 Å². The Balaban J connectivity index is 1.22. The second kappa shape index (κ2) is 12.3. The summed E-state index contributed by atoms with van der Waals surface area (Å²) in [6.45, 7) is 0. The van der Waals surface area contributed by atoms with E-state index in [4.69, 9.17) is 14.4 Å². The second-order valence-corrected chi connectivity index (χ2v) is 12.3. The lowest BCUT2D eigenvalue weighted by molar-refractivity contribution is 0.668. The first kappa shape index (κ1) is 28.7. The molecule has 1 N–H and O–H groups in total. The number of rotatable bonds is 6. The molecule has 0 bridgehead atoms. The van der Waals surface area contributed by atoms with E-state index in [1.807, 2.05) is 36.4 Å². The zero-order valence-electron chi connectivity index (χ0n) is 26.6. The highest BCUT2D eigenvalue weighted by Crippen LogP contribution is 2.41. The van der Waals surface area contributed by atoms with Gasteiger partial charge in [-0.15, -0.1) is 0 Å². The maximum absolute atomic E-state index is 6.48. The fourth-order valence-corrected chi connectivity index (χ4v) is 6.71. The molecule has 2 heterocycles. The monoisotopic (exact) mass is 629 g/mol. The van der Waals surface area contributed by atoms with Crippen LogP contribution in [0.3, 0.4) is 0 Å². The second-order valence-electron chi connectivity index (χ2n) is 12.3. The van der Waals surface area contributed by atoms with E-state index in [0.717, 1.165) is 61.4 Å². The predicted molar refractivity (Wildman–Crippen MR) is 202 cm³/mol. The predicted octanol–water partition coefficient (Wildman–Crippen LogP) is 11.1. The van der Waals surface area contributed by atoms with Gasteiger partial charge in [0.15, 0.2) is 6.17 Å². The smallest absolute Gasteiger partial charge is 0.169 e. The number of furan rings is 1. The van der Waals surface area contributed by atoms with E-state index >= 15 is 0 Å². The van der Waals surface area contributed by atoms with Crippen LogP contribution in [0.15, 0.2) is 190 Å². The maximum Gasteiger partial charge on any atom is 0.169 e. The van der Waals surface area contributed by atoms with E-state index < -0.39 is 6.17 Å². The molecule has 0 saturated carbocycles. The fourth-order valence-electron chi connectivity index (χ4n) is 6.71. The summed E-state index contributed by atoms with van der Waals surface area (Å²) in [5.74, 6) is 1.59. The number of nitrogens with one attached hydrogen (secondary N) is 1. The Morgan fingerprint density at radius 2 is 0.918 bits per heavy atom. The van der Waals surface area contributed by atoms with Crippen LogP contribution in [0, 0.1) is 0 Å². The first-order valence-corrected chi connectivity index (χ1v) is 16.5. The number of amidine groups is 2. The lowest BCUT2D eigenvalue weighted by Crippen LogP contribution is -2.35. The molecule has 0 atom stereocenters. The molecular weight excluding hydrogens is 599 g/mol. The van der Waals surface area contributed by atoms with Crippen LogP contribution in [0.4, 0.5) is 0 Å². The summed E-state index contributed by atoms with van der Waals surface area (Å²) in [5.41, 5.74) is 11.7. The van der Waals surface area contributed by atoms with Gasteiger partial charge in [0.2, 0.25) is 0 Å². The summed E-state index contributed by atoms with van der Waals surface area (Å²) in [5, 5.41) is 5.62. The molecule has 0 aliphatic carbocycles. The number of benzene rings is 7. The molecule has 0 saturated heterocycles. The van der Waals surface area contributed by atoms with Crippen LogP contribution in [0.5, 0.6) is 0 Å². The van der Waals surface area contributed by atoms with E-state index in [0.29, 0.717) is 0 Å². The summed E-state index contributed by atoms with van der Waals surface area (Å²) < 4.78 is 6.48. The third kappa shape index (κ3) is 5.49. The molecule has 9 rings (SSSR count). The van der Waals surface area contributed by atoms with E-state index in [9.17, 15) is 0 Å². The molecule has 0 fully saturated rings. The van der Waals surface area contributed by atoms with Gasteiger partial charge in [-0.1, -0.05) is 140 Å². The van der Waals surface area contributed by atoms with Crippen molar-refractivity contribution < 1.29 is 4.42 Å². The topological polar surface area (TPSA) is 49.9 Å². The largest absolute Gasteiger partial charge is 0.456 e. The number of aliphatic imine (C=N–C) groups is 2. The Hall–Kier alpha value is -6.52. The summed E-state index contributed by atoms with van der Waals surface area (Å²) >= 11 is 0. The van der Waals surface area contributed by atoms with Gasteiger partial charge in [0.25, 0.3) is 0 Å². The van der Waals surface area contributed by atoms with Crippen LogP contribution in [-0.4, -0.2) is 11.7 Å². The Morgan fingerprint density at radius 3 is 1.47 bits per heavy atom. The first-order valence-electron chi connectivity index (χ1n) is 16.5. The molecule has 4 heteroatoms. The van der Waals surface area contributed by atoms with Gasteiger partial charge in [0.1, 0.15) is 22.8 Å². The molecular formula is C45H31N3O. The average Bonchev–Trinajstić information content (AvgIpc) is 3.57. The lowest BCUT2D eigenvalue weighted by atomic mass is 9.91. The van der Waals surface area contributed by atoms with Gasteiger partial charge < -0.3 is 9.73 Å². The zero-order valence-corrected chi connectivity index (χ0v) is 26.6. The zero-order chi connectivity index (χ0) is 32.6. The Kier molecular flexibility index (Phi) is 7.17. The van der Waals surface area contributed by atoms with Crippen molar-refractivity contribution >= 4 is 33.6 Å². The van der Waals surface area contributed by atoms with Crippen molar-refractivity contribution in [2.75, 3.05) is 0 Å². The first-order chi connectivity index (χ1) is 24.3. The van der Waals surface area contributed by atoms with Crippen molar-refractivity contribution in [3.05, 3.63) is 193 Å². The molecule has 1 aromatic heterocycles. The highest BCUT2D eigenvalue weighted by atomic mass is 16.3. The van der Waals surface area contributed by atoms with Crippen molar-refractivity contribution in [2.45, 2.75) is 6.17 Å². The van der Waals surface area contributed by atoms with E-state index in [1.54, 1.807) is 0 Å².